The van der Waals surface area contributed by atoms with Crippen LogP contribution in [0.25, 0.3) is 0 Å². The van der Waals surface area contributed by atoms with Gasteiger partial charge in [0.25, 0.3) is 0 Å². The lowest BCUT2D eigenvalue weighted by Crippen LogP contribution is -2.12. The van der Waals surface area contributed by atoms with Crippen LogP contribution < -0.4 is 16.4 Å². The maximum absolute atomic E-state index is 11.4. The van der Waals surface area contributed by atoms with Crippen molar-refractivity contribution >= 4 is 29.0 Å². The lowest BCUT2D eigenvalue weighted by molar-refractivity contribution is -0.383. The molecule has 2 aromatic carbocycles. The fourth-order valence-corrected chi connectivity index (χ4v) is 2.74. The third kappa shape index (κ3) is 4.53. The smallest absolute Gasteiger partial charge is 0.353 e. The normalized spacial score (nSPS) is 10.5. The molecule has 1 aromatic heterocycles. The van der Waals surface area contributed by atoms with Crippen LogP contribution in [0.1, 0.15) is 16.7 Å². The van der Waals surface area contributed by atoms with Gasteiger partial charge in [-0.15, -0.1) is 0 Å². The van der Waals surface area contributed by atoms with E-state index in [0.717, 1.165) is 17.5 Å². The van der Waals surface area contributed by atoms with Crippen molar-refractivity contribution in [3.8, 4) is 0 Å². The molecule has 0 radical (unpaired) electrons. The first-order chi connectivity index (χ1) is 13.4. The molecule has 1 heterocycles. The van der Waals surface area contributed by atoms with Gasteiger partial charge in [-0.1, -0.05) is 36.4 Å². The van der Waals surface area contributed by atoms with Gasteiger partial charge >= 0.3 is 5.69 Å². The van der Waals surface area contributed by atoms with Gasteiger partial charge in [0.05, 0.1) is 4.92 Å². The summed E-state index contributed by atoms with van der Waals surface area (Å²) in [6.07, 6.45) is 0.765. The molecule has 8 heteroatoms. The van der Waals surface area contributed by atoms with Crippen LogP contribution >= 0.6 is 0 Å². The minimum absolute atomic E-state index is 0.0583. The third-order valence-electron chi connectivity index (χ3n) is 4.40. The Morgan fingerprint density at radius 2 is 1.82 bits per heavy atom. The molecule has 8 nitrogen and oxygen atoms in total. The molecule has 0 atom stereocenters. The Hall–Kier alpha value is -3.68. The summed E-state index contributed by atoms with van der Waals surface area (Å²) < 4.78 is 0. The molecular formula is C20H22N6O2. The minimum Gasteiger partial charge on any atom is -0.378 e. The Balaban J connectivity index is 1.82. The highest BCUT2D eigenvalue weighted by molar-refractivity contribution is 5.74. The topological polar surface area (TPSA) is 119 Å². The first kappa shape index (κ1) is 19.1. The molecule has 3 rings (SSSR count). The molecule has 0 saturated heterocycles. The van der Waals surface area contributed by atoms with Gasteiger partial charge in [0.1, 0.15) is 0 Å². The highest BCUT2D eigenvalue weighted by atomic mass is 16.6. The van der Waals surface area contributed by atoms with Gasteiger partial charge in [-0.2, -0.15) is 9.97 Å². The zero-order chi connectivity index (χ0) is 20.1. The Morgan fingerprint density at radius 3 is 2.50 bits per heavy atom. The summed E-state index contributed by atoms with van der Waals surface area (Å²) in [4.78, 5) is 19.2. The van der Waals surface area contributed by atoms with Crippen LogP contribution in [0.3, 0.4) is 0 Å². The van der Waals surface area contributed by atoms with Crippen molar-refractivity contribution < 1.29 is 4.92 Å². The molecule has 0 unspecified atom stereocenters. The highest BCUT2D eigenvalue weighted by Gasteiger charge is 2.23. The van der Waals surface area contributed by atoms with Crippen molar-refractivity contribution in [2.45, 2.75) is 20.3 Å². The number of aryl methyl sites for hydroxylation is 2. The molecule has 0 saturated carbocycles. The Bertz CT molecular complexity index is 991. The van der Waals surface area contributed by atoms with E-state index in [9.17, 15) is 10.1 Å². The number of nitrogens with two attached hydrogens (primary N) is 1. The number of rotatable bonds is 7. The van der Waals surface area contributed by atoms with Crippen LogP contribution in [0, 0.1) is 24.0 Å². The van der Waals surface area contributed by atoms with Gasteiger partial charge in [0.2, 0.25) is 17.6 Å². The first-order valence-corrected chi connectivity index (χ1v) is 8.88. The van der Waals surface area contributed by atoms with E-state index in [4.69, 9.17) is 5.73 Å². The van der Waals surface area contributed by atoms with Crippen LogP contribution in [0.4, 0.5) is 29.0 Å². The second-order valence-corrected chi connectivity index (χ2v) is 6.47. The van der Waals surface area contributed by atoms with Crippen molar-refractivity contribution in [2.75, 3.05) is 22.9 Å². The summed E-state index contributed by atoms with van der Waals surface area (Å²) in [5.41, 5.74) is 9.55. The predicted molar refractivity (Wildman–Crippen MR) is 111 cm³/mol. The zero-order valence-electron chi connectivity index (χ0n) is 15.8. The van der Waals surface area contributed by atoms with E-state index in [2.05, 4.69) is 20.6 Å². The first-order valence-electron chi connectivity index (χ1n) is 8.88. The van der Waals surface area contributed by atoms with E-state index >= 15 is 0 Å². The van der Waals surface area contributed by atoms with Gasteiger partial charge < -0.3 is 16.4 Å². The molecule has 0 aliphatic rings. The van der Waals surface area contributed by atoms with E-state index < -0.39 is 4.92 Å². The quantitative estimate of drug-likeness (QED) is 0.420. The molecule has 144 valence electrons. The summed E-state index contributed by atoms with van der Waals surface area (Å²) in [5.74, 6) is 0.113. The fraction of sp³-hybridized carbons (Fsp3) is 0.200. The van der Waals surface area contributed by atoms with Crippen LogP contribution in [-0.4, -0.2) is 21.4 Å². The number of nitrogens with one attached hydrogen (secondary N) is 2. The van der Waals surface area contributed by atoms with Crippen molar-refractivity contribution in [1.82, 2.24) is 9.97 Å². The molecule has 3 aromatic rings. The molecule has 28 heavy (non-hydrogen) atoms. The Labute approximate surface area is 163 Å². The minimum atomic E-state index is -0.577. The SMILES string of the molecule is Cc1ccc(Nc2nc(NCCc3ccccc3)nc(N)c2[N+](=O)[O-])cc1C. The molecule has 0 aliphatic carbocycles. The number of anilines is 4. The summed E-state index contributed by atoms with van der Waals surface area (Å²) in [6.45, 7) is 4.54. The second-order valence-electron chi connectivity index (χ2n) is 6.47. The number of aromatic nitrogens is 2. The lowest BCUT2D eigenvalue weighted by Gasteiger charge is -2.12. The van der Waals surface area contributed by atoms with E-state index in [1.54, 1.807) is 0 Å². The van der Waals surface area contributed by atoms with Gasteiger partial charge in [0.15, 0.2) is 0 Å². The predicted octanol–water partition coefficient (Wildman–Crippen LogP) is 3.98. The number of benzene rings is 2. The molecular weight excluding hydrogens is 356 g/mol. The van der Waals surface area contributed by atoms with Gasteiger partial charge in [-0.25, -0.2) is 0 Å². The van der Waals surface area contributed by atoms with E-state index in [0.29, 0.717) is 12.2 Å². The molecule has 0 fully saturated rings. The Kier molecular flexibility index (Phi) is 5.69. The summed E-state index contributed by atoms with van der Waals surface area (Å²) in [7, 11) is 0. The van der Waals surface area contributed by atoms with Crippen molar-refractivity contribution in [3.05, 3.63) is 75.3 Å². The largest absolute Gasteiger partial charge is 0.378 e. The standard InChI is InChI=1S/C20H22N6O2/c1-13-8-9-16(12-14(13)2)23-19-17(26(27)28)18(21)24-20(25-19)22-11-10-15-6-4-3-5-7-15/h3-9,12H,10-11H2,1-2H3,(H4,21,22,23,24,25). The maximum Gasteiger partial charge on any atom is 0.353 e. The van der Waals surface area contributed by atoms with E-state index in [1.807, 2.05) is 62.4 Å². The second kappa shape index (κ2) is 8.34. The average molecular weight is 378 g/mol. The molecule has 0 aliphatic heterocycles. The zero-order valence-corrected chi connectivity index (χ0v) is 15.8. The van der Waals surface area contributed by atoms with Crippen LogP contribution in [0.2, 0.25) is 0 Å². The van der Waals surface area contributed by atoms with Crippen LogP contribution in [0.15, 0.2) is 48.5 Å². The third-order valence-corrected chi connectivity index (χ3v) is 4.40. The van der Waals surface area contributed by atoms with E-state index in [-0.39, 0.29) is 23.3 Å². The number of nitro groups is 1. The molecule has 4 N–H and O–H groups in total. The van der Waals surface area contributed by atoms with Crippen molar-refractivity contribution in [3.63, 3.8) is 0 Å². The monoisotopic (exact) mass is 378 g/mol. The number of hydrogen-bond acceptors (Lipinski definition) is 7. The summed E-state index contributed by atoms with van der Waals surface area (Å²) in [6, 6.07) is 15.6. The Morgan fingerprint density at radius 1 is 1.07 bits per heavy atom. The fourth-order valence-electron chi connectivity index (χ4n) is 2.74. The van der Waals surface area contributed by atoms with Crippen molar-refractivity contribution in [2.24, 2.45) is 0 Å². The highest BCUT2D eigenvalue weighted by Crippen LogP contribution is 2.31. The molecule has 0 bridgehead atoms. The van der Waals surface area contributed by atoms with Gasteiger partial charge in [-0.3, -0.25) is 10.1 Å². The summed E-state index contributed by atoms with van der Waals surface area (Å²) >= 11 is 0. The van der Waals surface area contributed by atoms with Gasteiger partial charge in [0, 0.05) is 12.2 Å². The van der Waals surface area contributed by atoms with Crippen LogP contribution in [0.5, 0.6) is 0 Å². The molecule has 0 spiro atoms. The van der Waals surface area contributed by atoms with E-state index in [1.165, 1.54) is 5.56 Å². The number of nitrogens with zero attached hydrogens (tertiary/aromatic N) is 3. The average Bonchev–Trinajstić information content (AvgIpc) is 2.65. The van der Waals surface area contributed by atoms with Crippen LogP contribution in [-0.2, 0) is 6.42 Å². The summed E-state index contributed by atoms with van der Waals surface area (Å²) in [5, 5.41) is 17.5. The number of nitrogen functional groups attached to an aromatic ring is 1. The van der Waals surface area contributed by atoms with Crippen molar-refractivity contribution in [1.29, 1.82) is 0 Å². The molecule has 0 amide bonds. The lowest BCUT2D eigenvalue weighted by atomic mass is 10.1. The number of hydrogen-bond donors (Lipinski definition) is 3. The maximum atomic E-state index is 11.4. The van der Waals surface area contributed by atoms with Gasteiger partial charge in [-0.05, 0) is 49.1 Å².